The molecule has 1 aromatic carbocycles. The standard InChI is InChI=1S/C26H24FN7O4/c1-28-19-9-14(27)8-15-20-22(33-3-5-38-6-4-33)17(11-30-24(20)32-21(15)19)13-7-16-23(35)18(26(36)37)12-34(29-2)25(16)31-10-13/h7-12,28-29H,3-6H2,1-2H3,(H,30,32)(H,36,37). The van der Waals surface area contributed by atoms with Gasteiger partial charge in [0.25, 0.3) is 0 Å². The summed E-state index contributed by atoms with van der Waals surface area (Å²) in [6, 6.07) is 4.53. The molecule has 6 rings (SSSR count). The number of halogens is 1. The van der Waals surface area contributed by atoms with Gasteiger partial charge in [-0.05, 0) is 18.2 Å². The van der Waals surface area contributed by atoms with E-state index in [-0.39, 0.29) is 16.8 Å². The smallest absolute Gasteiger partial charge is 0.341 e. The third kappa shape index (κ3) is 3.60. The number of hydrogen-bond acceptors (Lipinski definition) is 8. The van der Waals surface area contributed by atoms with Gasteiger partial charge in [0.05, 0.1) is 40.9 Å². The van der Waals surface area contributed by atoms with Crippen molar-refractivity contribution in [2.24, 2.45) is 0 Å². The molecule has 11 nitrogen and oxygen atoms in total. The molecule has 4 aromatic heterocycles. The number of ether oxygens (including phenoxy) is 1. The first-order chi connectivity index (χ1) is 18.4. The van der Waals surface area contributed by atoms with E-state index in [2.05, 4.69) is 30.6 Å². The second kappa shape index (κ2) is 8.99. The van der Waals surface area contributed by atoms with E-state index in [1.165, 1.54) is 23.0 Å². The van der Waals surface area contributed by atoms with Gasteiger partial charge in [0, 0.05) is 62.3 Å². The summed E-state index contributed by atoms with van der Waals surface area (Å²) in [5.41, 5.74) is 6.11. The summed E-state index contributed by atoms with van der Waals surface area (Å²) < 4.78 is 21.7. The maximum Gasteiger partial charge on any atom is 0.341 e. The molecule has 0 aliphatic carbocycles. The lowest BCUT2D eigenvalue weighted by atomic mass is 10.0. The third-order valence-corrected chi connectivity index (χ3v) is 6.89. The van der Waals surface area contributed by atoms with Crippen molar-refractivity contribution in [1.82, 2.24) is 19.6 Å². The van der Waals surface area contributed by atoms with E-state index < -0.39 is 11.4 Å². The number of anilines is 2. The van der Waals surface area contributed by atoms with Crippen molar-refractivity contribution < 1.29 is 19.0 Å². The minimum Gasteiger partial charge on any atom is -0.477 e. The highest BCUT2D eigenvalue weighted by atomic mass is 19.1. The maximum absolute atomic E-state index is 14.7. The Bertz CT molecular complexity index is 1810. The Balaban J connectivity index is 1.69. The zero-order chi connectivity index (χ0) is 26.6. The summed E-state index contributed by atoms with van der Waals surface area (Å²) in [6.45, 7) is 2.24. The molecular weight excluding hydrogens is 493 g/mol. The SMILES string of the molecule is CNc1cc(F)cc2c1[nH]c1ncc(-c3cnc4c(c3)c(=O)c(C(=O)O)cn4NC)c(N3CCOCC3)c12. The molecule has 1 aliphatic rings. The summed E-state index contributed by atoms with van der Waals surface area (Å²) in [7, 11) is 3.33. The number of aromatic nitrogens is 4. The highest BCUT2D eigenvalue weighted by Gasteiger charge is 2.24. The third-order valence-electron chi connectivity index (χ3n) is 6.89. The van der Waals surface area contributed by atoms with Crippen LogP contribution in [-0.2, 0) is 4.74 Å². The van der Waals surface area contributed by atoms with Crippen molar-refractivity contribution in [3.8, 4) is 11.1 Å². The van der Waals surface area contributed by atoms with E-state index in [1.54, 1.807) is 32.6 Å². The number of carboxylic acids is 1. The number of carbonyl (C=O) groups is 1. The molecule has 1 fully saturated rings. The number of aromatic amines is 1. The molecule has 4 N–H and O–H groups in total. The van der Waals surface area contributed by atoms with Crippen LogP contribution in [0.3, 0.4) is 0 Å². The van der Waals surface area contributed by atoms with Crippen molar-refractivity contribution in [1.29, 1.82) is 0 Å². The van der Waals surface area contributed by atoms with Gasteiger partial charge in [-0.3, -0.25) is 4.79 Å². The highest BCUT2D eigenvalue weighted by Crippen LogP contribution is 2.42. The summed E-state index contributed by atoms with van der Waals surface area (Å²) in [5, 5.41) is 14.2. The van der Waals surface area contributed by atoms with Crippen LogP contribution in [0, 0.1) is 5.82 Å². The van der Waals surface area contributed by atoms with Gasteiger partial charge in [0.2, 0.25) is 5.43 Å². The van der Waals surface area contributed by atoms with Gasteiger partial charge in [0.15, 0.2) is 5.65 Å². The maximum atomic E-state index is 14.7. The van der Waals surface area contributed by atoms with E-state index in [0.717, 1.165) is 16.6 Å². The molecule has 0 bridgehead atoms. The summed E-state index contributed by atoms with van der Waals surface area (Å²) in [4.78, 5) is 39.5. The summed E-state index contributed by atoms with van der Waals surface area (Å²) in [5.74, 6) is -1.72. The molecule has 0 spiro atoms. The van der Waals surface area contributed by atoms with Gasteiger partial charge in [-0.1, -0.05) is 0 Å². The molecule has 5 aromatic rings. The van der Waals surface area contributed by atoms with Crippen LogP contribution in [0.2, 0.25) is 0 Å². The molecule has 38 heavy (non-hydrogen) atoms. The Kier molecular flexibility index (Phi) is 5.60. The number of morpholine rings is 1. The van der Waals surface area contributed by atoms with Crippen LogP contribution in [0.1, 0.15) is 10.4 Å². The second-order valence-electron chi connectivity index (χ2n) is 8.96. The van der Waals surface area contributed by atoms with E-state index in [4.69, 9.17) is 4.74 Å². The Morgan fingerprint density at radius 1 is 1.13 bits per heavy atom. The van der Waals surface area contributed by atoms with Crippen molar-refractivity contribution in [3.63, 3.8) is 0 Å². The molecule has 0 unspecified atom stereocenters. The van der Waals surface area contributed by atoms with E-state index in [1.807, 2.05) is 0 Å². The highest BCUT2D eigenvalue weighted by molar-refractivity contribution is 6.17. The number of benzene rings is 1. The molecule has 194 valence electrons. The average Bonchev–Trinajstić information content (AvgIpc) is 3.31. The topological polar surface area (TPSA) is 137 Å². The first-order valence-electron chi connectivity index (χ1n) is 12.0. The molecule has 1 aliphatic heterocycles. The van der Waals surface area contributed by atoms with Gasteiger partial charge in [0.1, 0.15) is 17.0 Å². The molecular formula is C26H24FN7O4. The van der Waals surface area contributed by atoms with Crippen LogP contribution in [0.25, 0.3) is 44.1 Å². The first kappa shape index (κ1) is 23.7. The van der Waals surface area contributed by atoms with Crippen LogP contribution in [0.4, 0.5) is 15.8 Å². The fraction of sp³-hybridized carbons (Fsp3) is 0.231. The van der Waals surface area contributed by atoms with Gasteiger partial charge in [-0.2, -0.15) is 0 Å². The number of nitrogens with one attached hydrogen (secondary N) is 3. The van der Waals surface area contributed by atoms with Crippen LogP contribution in [-0.4, -0.2) is 71.1 Å². The van der Waals surface area contributed by atoms with Gasteiger partial charge in [-0.25, -0.2) is 23.8 Å². The van der Waals surface area contributed by atoms with Crippen molar-refractivity contribution in [2.45, 2.75) is 0 Å². The predicted octanol–water partition coefficient (Wildman–Crippen LogP) is 2.98. The number of rotatable bonds is 5. The lowest BCUT2D eigenvalue weighted by Crippen LogP contribution is -2.36. The molecule has 0 amide bonds. The van der Waals surface area contributed by atoms with Gasteiger partial charge >= 0.3 is 5.97 Å². The lowest BCUT2D eigenvalue weighted by Gasteiger charge is -2.31. The zero-order valence-corrected chi connectivity index (χ0v) is 20.6. The number of fused-ring (bicyclic) bond motifs is 4. The molecule has 1 saturated heterocycles. The monoisotopic (exact) mass is 517 g/mol. The largest absolute Gasteiger partial charge is 0.477 e. The summed E-state index contributed by atoms with van der Waals surface area (Å²) >= 11 is 0. The molecule has 5 heterocycles. The van der Waals surface area contributed by atoms with Crippen molar-refractivity contribution in [2.75, 3.05) is 56.0 Å². The zero-order valence-electron chi connectivity index (χ0n) is 20.6. The van der Waals surface area contributed by atoms with Crippen LogP contribution < -0.4 is 21.1 Å². The Morgan fingerprint density at radius 3 is 2.63 bits per heavy atom. The predicted molar refractivity (Wildman–Crippen MR) is 143 cm³/mol. The fourth-order valence-corrected chi connectivity index (χ4v) is 5.11. The normalized spacial score (nSPS) is 13.9. The summed E-state index contributed by atoms with van der Waals surface area (Å²) in [6.07, 6.45) is 4.53. The first-order valence-corrected chi connectivity index (χ1v) is 12.0. The molecule has 12 heteroatoms. The lowest BCUT2D eigenvalue weighted by molar-refractivity contribution is 0.0695. The molecule has 0 radical (unpaired) electrons. The minimum atomic E-state index is -1.33. The Hall–Kier alpha value is -4.71. The Labute approximate surface area is 214 Å². The van der Waals surface area contributed by atoms with Crippen LogP contribution in [0.15, 0.2) is 41.6 Å². The molecule has 0 saturated carbocycles. The van der Waals surface area contributed by atoms with E-state index in [0.29, 0.717) is 59.8 Å². The average molecular weight is 518 g/mol. The van der Waals surface area contributed by atoms with Crippen molar-refractivity contribution >= 4 is 50.3 Å². The second-order valence-corrected chi connectivity index (χ2v) is 8.96. The quantitative estimate of drug-likeness (QED) is 0.277. The minimum absolute atomic E-state index is 0.146. The number of aromatic carboxylic acids is 1. The van der Waals surface area contributed by atoms with Gasteiger partial charge < -0.3 is 30.5 Å². The number of H-pyrrole nitrogens is 1. The Morgan fingerprint density at radius 2 is 1.92 bits per heavy atom. The van der Waals surface area contributed by atoms with Crippen LogP contribution in [0.5, 0.6) is 0 Å². The number of carboxylic acid groups (broad SMARTS) is 1. The van der Waals surface area contributed by atoms with E-state index in [9.17, 15) is 19.1 Å². The number of pyridine rings is 3. The fourth-order valence-electron chi connectivity index (χ4n) is 5.11. The molecule has 0 atom stereocenters. The number of hydrogen-bond donors (Lipinski definition) is 4. The van der Waals surface area contributed by atoms with Crippen molar-refractivity contribution in [3.05, 3.63) is 58.4 Å². The van der Waals surface area contributed by atoms with Gasteiger partial charge in [-0.15, -0.1) is 0 Å². The van der Waals surface area contributed by atoms with E-state index >= 15 is 0 Å². The number of nitrogens with zero attached hydrogens (tertiary/aromatic N) is 4. The van der Waals surface area contributed by atoms with Crippen LogP contribution >= 0.6 is 0 Å².